The number of benzene rings is 1. The monoisotopic (exact) mass is 267 g/mol. The standard InChI is InChI=1S/C15H13N3O2/c1-11-6-7-12(20-11)8-9-15(19)17-18-10-16-13-4-2-3-5-14(13)18/h2-10H,1H3,(H,17,19)/b9-8+. The Labute approximate surface area is 115 Å². The molecule has 0 bridgehead atoms. The molecule has 0 aliphatic rings. The second-order valence-electron chi connectivity index (χ2n) is 4.36. The summed E-state index contributed by atoms with van der Waals surface area (Å²) in [5, 5.41) is 0. The lowest BCUT2D eigenvalue weighted by molar-refractivity contribution is -0.112. The summed E-state index contributed by atoms with van der Waals surface area (Å²) in [4.78, 5) is 16.0. The van der Waals surface area contributed by atoms with Crippen LogP contribution in [0.5, 0.6) is 0 Å². The third-order valence-electron chi connectivity index (χ3n) is 2.84. The first-order chi connectivity index (χ1) is 9.72. The predicted octanol–water partition coefficient (Wildman–Crippen LogP) is 2.72. The van der Waals surface area contributed by atoms with Crippen molar-refractivity contribution in [2.24, 2.45) is 0 Å². The number of carbonyl (C=O) groups is 1. The van der Waals surface area contributed by atoms with E-state index in [0.717, 1.165) is 16.8 Å². The van der Waals surface area contributed by atoms with Crippen LogP contribution in [0.4, 0.5) is 0 Å². The molecule has 0 radical (unpaired) electrons. The highest BCUT2D eigenvalue weighted by Gasteiger charge is 2.03. The Kier molecular flexibility index (Phi) is 3.09. The second kappa shape index (κ2) is 5.05. The number of furan rings is 1. The van der Waals surface area contributed by atoms with Gasteiger partial charge in [-0.15, -0.1) is 0 Å². The minimum absolute atomic E-state index is 0.248. The highest BCUT2D eigenvalue weighted by atomic mass is 16.3. The molecule has 0 saturated carbocycles. The molecule has 1 amide bonds. The Bertz CT molecular complexity index is 783. The number of carbonyl (C=O) groups excluding carboxylic acids is 1. The lowest BCUT2D eigenvalue weighted by atomic mass is 10.3. The number of nitrogens with one attached hydrogen (secondary N) is 1. The molecule has 0 fully saturated rings. The van der Waals surface area contributed by atoms with Crippen molar-refractivity contribution in [3.63, 3.8) is 0 Å². The molecule has 3 rings (SSSR count). The van der Waals surface area contributed by atoms with E-state index in [2.05, 4.69) is 10.4 Å². The summed E-state index contributed by atoms with van der Waals surface area (Å²) in [6, 6.07) is 11.2. The predicted molar refractivity (Wildman–Crippen MR) is 76.6 cm³/mol. The van der Waals surface area contributed by atoms with E-state index in [9.17, 15) is 4.79 Å². The van der Waals surface area contributed by atoms with Crippen LogP contribution in [-0.4, -0.2) is 15.6 Å². The SMILES string of the molecule is Cc1ccc(/C=C/C(=O)Nn2cnc3ccccc32)o1. The van der Waals surface area contributed by atoms with Gasteiger partial charge in [0.15, 0.2) is 0 Å². The second-order valence-corrected chi connectivity index (χ2v) is 4.36. The number of nitrogens with zero attached hydrogens (tertiary/aromatic N) is 2. The molecule has 0 atom stereocenters. The van der Waals surface area contributed by atoms with Gasteiger partial charge >= 0.3 is 0 Å². The van der Waals surface area contributed by atoms with Gasteiger partial charge in [0.25, 0.3) is 5.91 Å². The highest BCUT2D eigenvalue weighted by molar-refractivity contribution is 5.98. The van der Waals surface area contributed by atoms with Crippen LogP contribution in [0.25, 0.3) is 17.1 Å². The summed E-state index contributed by atoms with van der Waals surface area (Å²) in [6.45, 7) is 1.86. The van der Waals surface area contributed by atoms with E-state index in [1.165, 1.54) is 6.08 Å². The van der Waals surface area contributed by atoms with Gasteiger partial charge in [0, 0.05) is 6.08 Å². The fourth-order valence-electron chi connectivity index (χ4n) is 1.91. The number of rotatable bonds is 3. The molecule has 2 aromatic heterocycles. The number of imidazole rings is 1. The molecule has 20 heavy (non-hydrogen) atoms. The van der Waals surface area contributed by atoms with Gasteiger partial charge in [-0.1, -0.05) is 12.1 Å². The zero-order chi connectivity index (χ0) is 13.9. The minimum Gasteiger partial charge on any atom is -0.462 e. The normalized spacial score (nSPS) is 11.2. The zero-order valence-electron chi connectivity index (χ0n) is 10.9. The fraction of sp³-hybridized carbons (Fsp3) is 0.0667. The van der Waals surface area contributed by atoms with Crippen molar-refractivity contribution >= 4 is 23.0 Å². The first kappa shape index (κ1) is 12.2. The van der Waals surface area contributed by atoms with Gasteiger partial charge in [0.05, 0.1) is 11.0 Å². The Hall–Kier alpha value is -2.82. The van der Waals surface area contributed by atoms with Crippen molar-refractivity contribution in [3.05, 3.63) is 60.3 Å². The first-order valence-electron chi connectivity index (χ1n) is 6.20. The topological polar surface area (TPSA) is 60.1 Å². The lowest BCUT2D eigenvalue weighted by Gasteiger charge is -2.03. The van der Waals surface area contributed by atoms with Crippen molar-refractivity contribution in [3.8, 4) is 0 Å². The third-order valence-corrected chi connectivity index (χ3v) is 2.84. The largest absolute Gasteiger partial charge is 0.462 e. The number of hydrogen-bond donors (Lipinski definition) is 1. The van der Waals surface area contributed by atoms with Crippen LogP contribution in [0.15, 0.2) is 53.2 Å². The molecule has 5 nitrogen and oxygen atoms in total. The molecular weight excluding hydrogens is 254 g/mol. The summed E-state index contributed by atoms with van der Waals surface area (Å²) in [5.41, 5.74) is 4.41. The number of para-hydroxylation sites is 2. The maximum absolute atomic E-state index is 11.8. The van der Waals surface area contributed by atoms with Gasteiger partial charge in [0.2, 0.25) is 0 Å². The Morgan fingerprint density at radius 2 is 2.15 bits per heavy atom. The van der Waals surface area contributed by atoms with Crippen LogP contribution in [-0.2, 0) is 4.79 Å². The van der Waals surface area contributed by atoms with E-state index < -0.39 is 0 Å². The molecule has 0 unspecified atom stereocenters. The maximum atomic E-state index is 11.8. The van der Waals surface area contributed by atoms with Crippen molar-refractivity contribution in [1.82, 2.24) is 9.66 Å². The highest BCUT2D eigenvalue weighted by Crippen LogP contribution is 2.10. The molecule has 0 spiro atoms. The molecule has 2 heterocycles. The average molecular weight is 267 g/mol. The number of aryl methyl sites for hydroxylation is 1. The summed E-state index contributed by atoms with van der Waals surface area (Å²) < 4.78 is 6.95. The van der Waals surface area contributed by atoms with Crippen LogP contribution >= 0.6 is 0 Å². The molecule has 3 aromatic rings. The van der Waals surface area contributed by atoms with Crippen LogP contribution in [0.2, 0.25) is 0 Å². The number of aromatic nitrogens is 2. The molecule has 100 valence electrons. The average Bonchev–Trinajstić information content (AvgIpc) is 3.04. The maximum Gasteiger partial charge on any atom is 0.262 e. The van der Waals surface area contributed by atoms with E-state index in [0.29, 0.717) is 5.76 Å². The summed E-state index contributed by atoms with van der Waals surface area (Å²) in [6.07, 6.45) is 4.63. The van der Waals surface area contributed by atoms with Crippen LogP contribution < -0.4 is 5.43 Å². The molecule has 0 saturated heterocycles. The Morgan fingerprint density at radius 3 is 2.95 bits per heavy atom. The van der Waals surface area contributed by atoms with E-state index in [-0.39, 0.29) is 5.91 Å². The summed E-state index contributed by atoms with van der Waals surface area (Å²) >= 11 is 0. The van der Waals surface area contributed by atoms with Gasteiger partial charge in [-0.25, -0.2) is 9.66 Å². The van der Waals surface area contributed by atoms with Gasteiger partial charge in [-0.3, -0.25) is 10.2 Å². The summed E-state index contributed by atoms with van der Waals surface area (Å²) in [5.74, 6) is 1.21. The van der Waals surface area contributed by atoms with E-state index in [1.54, 1.807) is 17.1 Å². The summed E-state index contributed by atoms with van der Waals surface area (Å²) in [7, 11) is 0. The third kappa shape index (κ3) is 2.47. The quantitative estimate of drug-likeness (QED) is 0.742. The molecule has 5 heteroatoms. The van der Waals surface area contributed by atoms with E-state index in [1.807, 2.05) is 43.3 Å². The first-order valence-corrected chi connectivity index (χ1v) is 6.20. The molecule has 0 aliphatic carbocycles. The Balaban J connectivity index is 1.74. The van der Waals surface area contributed by atoms with Crippen molar-refractivity contribution in [1.29, 1.82) is 0 Å². The van der Waals surface area contributed by atoms with Crippen molar-refractivity contribution in [2.75, 3.05) is 5.43 Å². The van der Waals surface area contributed by atoms with Gasteiger partial charge in [-0.2, -0.15) is 0 Å². The zero-order valence-corrected chi connectivity index (χ0v) is 10.9. The van der Waals surface area contributed by atoms with Crippen LogP contribution in [0.1, 0.15) is 11.5 Å². The fourth-order valence-corrected chi connectivity index (χ4v) is 1.91. The van der Waals surface area contributed by atoms with Crippen LogP contribution in [0, 0.1) is 6.92 Å². The van der Waals surface area contributed by atoms with Crippen molar-refractivity contribution < 1.29 is 9.21 Å². The van der Waals surface area contributed by atoms with Gasteiger partial charge in [-0.05, 0) is 37.3 Å². The van der Waals surface area contributed by atoms with Gasteiger partial charge in [0.1, 0.15) is 17.8 Å². The van der Waals surface area contributed by atoms with E-state index in [4.69, 9.17) is 4.42 Å². The molecular formula is C15H13N3O2. The van der Waals surface area contributed by atoms with Crippen molar-refractivity contribution in [2.45, 2.75) is 6.92 Å². The van der Waals surface area contributed by atoms with E-state index >= 15 is 0 Å². The number of amides is 1. The number of fused-ring (bicyclic) bond motifs is 1. The number of hydrogen-bond acceptors (Lipinski definition) is 3. The smallest absolute Gasteiger partial charge is 0.262 e. The minimum atomic E-state index is -0.248. The molecule has 0 aliphatic heterocycles. The van der Waals surface area contributed by atoms with Crippen LogP contribution in [0.3, 0.4) is 0 Å². The Morgan fingerprint density at radius 1 is 1.30 bits per heavy atom. The van der Waals surface area contributed by atoms with Gasteiger partial charge < -0.3 is 4.42 Å². The molecule has 1 N–H and O–H groups in total. The lowest BCUT2D eigenvalue weighted by Crippen LogP contribution is -2.19. The molecule has 1 aromatic carbocycles.